The normalized spacial score (nSPS) is 18.2. The number of halogens is 2. The first kappa shape index (κ1) is 34.3. The van der Waals surface area contributed by atoms with Crippen LogP contribution in [-0.2, 0) is 35.1 Å². The summed E-state index contributed by atoms with van der Waals surface area (Å²) in [7, 11) is 0. The van der Waals surface area contributed by atoms with Gasteiger partial charge in [-0.3, -0.25) is 6.08 Å². The third-order valence-corrected chi connectivity index (χ3v) is 9.25. The van der Waals surface area contributed by atoms with Gasteiger partial charge in [0.05, 0.1) is 0 Å². The third-order valence-electron chi connectivity index (χ3n) is 8.43. The number of rotatable bonds is 1. The predicted octanol–water partition coefficient (Wildman–Crippen LogP) is 4.43. The molecule has 0 heterocycles. The SMILES string of the molecule is CC1=CC(C)(C)c2cc3[cH-]c4cc5c(cc4c3cc21)C(C)=CC5(C)C.CC1=CC(C)[C-]=C1.[Cl-].[Cl-].[Zr+2]=[CH]c1ccccc1. The summed E-state index contributed by atoms with van der Waals surface area (Å²) < 4.78 is 2.17. The summed E-state index contributed by atoms with van der Waals surface area (Å²) in [5, 5.41) is 5.57. The van der Waals surface area contributed by atoms with Crippen molar-refractivity contribution in [2.24, 2.45) is 5.92 Å². The van der Waals surface area contributed by atoms with Gasteiger partial charge in [0.25, 0.3) is 0 Å². The van der Waals surface area contributed by atoms with Gasteiger partial charge in [-0.1, -0.05) is 75.9 Å². The van der Waals surface area contributed by atoms with Crippen LogP contribution in [0, 0.1) is 12.0 Å². The molecular weight excluding hydrogens is 631 g/mol. The Morgan fingerprint density at radius 3 is 1.57 bits per heavy atom. The van der Waals surface area contributed by atoms with E-state index >= 15 is 0 Å². The number of fused-ring (bicyclic) bond motifs is 5. The summed E-state index contributed by atoms with van der Waals surface area (Å²) in [6, 6.07) is 22.4. The Morgan fingerprint density at radius 2 is 1.24 bits per heavy atom. The van der Waals surface area contributed by atoms with E-state index in [1.54, 1.807) is 0 Å². The van der Waals surface area contributed by atoms with Gasteiger partial charge in [0.15, 0.2) is 0 Å². The molecule has 0 bridgehead atoms. The molecule has 0 nitrogen and oxygen atoms in total. The second-order valence-corrected chi connectivity index (χ2v) is 13.5. The number of benzene rings is 3. The first-order valence-corrected chi connectivity index (χ1v) is 15.8. The Balaban J connectivity index is 0.000000236. The molecule has 7 rings (SSSR count). The molecule has 0 radical (unpaired) electrons. The summed E-state index contributed by atoms with van der Waals surface area (Å²) in [6.45, 7) is 18.0. The zero-order valence-electron chi connectivity index (χ0n) is 26.0. The van der Waals surface area contributed by atoms with Crippen molar-refractivity contribution in [1.29, 1.82) is 0 Å². The molecular formula is C39H40Cl2Zr-2. The van der Waals surface area contributed by atoms with Crippen molar-refractivity contribution in [2.45, 2.75) is 66.2 Å². The third kappa shape index (κ3) is 6.80. The fourth-order valence-corrected chi connectivity index (χ4v) is 6.99. The fraction of sp³-hybridized carbons (Fsp3) is 0.282. The van der Waals surface area contributed by atoms with Gasteiger partial charge in [0, 0.05) is 10.8 Å². The van der Waals surface area contributed by atoms with Gasteiger partial charge in [-0.05, 0) is 36.1 Å². The van der Waals surface area contributed by atoms with E-state index in [0.717, 1.165) is 0 Å². The average Bonchev–Trinajstić information content (AvgIpc) is 3.59. The van der Waals surface area contributed by atoms with Gasteiger partial charge < -0.3 is 24.8 Å². The molecule has 4 aromatic rings. The molecule has 0 spiro atoms. The quantitative estimate of drug-likeness (QED) is 0.263. The van der Waals surface area contributed by atoms with E-state index in [9.17, 15) is 0 Å². The van der Waals surface area contributed by atoms with Crippen LogP contribution in [0.4, 0.5) is 0 Å². The molecule has 0 saturated carbocycles. The molecule has 42 heavy (non-hydrogen) atoms. The second-order valence-electron chi connectivity index (χ2n) is 12.8. The summed E-state index contributed by atoms with van der Waals surface area (Å²) in [6.07, 6.45) is 12.2. The van der Waals surface area contributed by atoms with Gasteiger partial charge in [0.2, 0.25) is 0 Å². The van der Waals surface area contributed by atoms with E-state index in [4.69, 9.17) is 0 Å². The molecule has 0 aliphatic heterocycles. The molecule has 216 valence electrons. The maximum atomic E-state index is 3.15. The fourth-order valence-electron chi connectivity index (χ4n) is 6.52. The number of allylic oxidation sites excluding steroid dienone is 8. The Bertz CT molecular complexity index is 1650. The van der Waals surface area contributed by atoms with E-state index in [1.807, 2.05) is 12.1 Å². The van der Waals surface area contributed by atoms with E-state index in [2.05, 4.69) is 138 Å². The Hall–Kier alpha value is -2.18. The van der Waals surface area contributed by atoms with Crippen LogP contribution in [0.3, 0.4) is 0 Å². The maximum absolute atomic E-state index is 3.15. The molecule has 0 saturated heterocycles. The van der Waals surface area contributed by atoms with Gasteiger partial charge in [-0.25, -0.2) is 11.6 Å². The predicted molar refractivity (Wildman–Crippen MR) is 173 cm³/mol. The first-order chi connectivity index (χ1) is 18.9. The molecule has 3 heteroatoms. The zero-order chi connectivity index (χ0) is 28.8. The molecule has 0 N–H and O–H groups in total. The van der Waals surface area contributed by atoms with Gasteiger partial charge in [-0.15, -0.1) is 46.7 Å². The van der Waals surface area contributed by atoms with Crippen LogP contribution in [0.2, 0.25) is 0 Å². The number of hydrogen-bond acceptors (Lipinski definition) is 0. The molecule has 1 unspecified atom stereocenters. The van der Waals surface area contributed by atoms with Crippen LogP contribution in [0.25, 0.3) is 32.7 Å². The van der Waals surface area contributed by atoms with E-state index in [-0.39, 0.29) is 35.6 Å². The zero-order valence-corrected chi connectivity index (χ0v) is 30.0. The molecule has 0 fully saturated rings. The van der Waals surface area contributed by atoms with Crippen LogP contribution >= 0.6 is 0 Å². The van der Waals surface area contributed by atoms with Crippen LogP contribution < -0.4 is 24.8 Å². The average molecular weight is 671 g/mol. The van der Waals surface area contributed by atoms with Crippen molar-refractivity contribution in [2.75, 3.05) is 0 Å². The van der Waals surface area contributed by atoms with Crippen molar-refractivity contribution in [3.8, 4) is 0 Å². The Kier molecular flexibility index (Phi) is 10.8. The Labute approximate surface area is 280 Å². The van der Waals surface area contributed by atoms with E-state index in [0.29, 0.717) is 5.92 Å². The summed E-state index contributed by atoms with van der Waals surface area (Å²) in [4.78, 5) is 0. The molecule has 3 aliphatic carbocycles. The van der Waals surface area contributed by atoms with Gasteiger partial charge in [-0.2, -0.15) is 6.08 Å². The monoisotopic (exact) mass is 668 g/mol. The summed E-state index contributed by atoms with van der Waals surface area (Å²) in [5.41, 5.74) is 11.6. The summed E-state index contributed by atoms with van der Waals surface area (Å²) >= 11 is 1.46. The van der Waals surface area contributed by atoms with Crippen molar-refractivity contribution in [1.82, 2.24) is 0 Å². The van der Waals surface area contributed by atoms with E-state index < -0.39 is 0 Å². The van der Waals surface area contributed by atoms with Gasteiger partial charge >= 0.3 is 63.8 Å². The molecule has 1 atom stereocenters. The van der Waals surface area contributed by atoms with Crippen molar-refractivity contribution in [3.63, 3.8) is 0 Å². The Morgan fingerprint density at radius 1 is 0.762 bits per heavy atom. The van der Waals surface area contributed by atoms with Crippen LogP contribution in [-0.4, -0.2) is 3.71 Å². The second kappa shape index (κ2) is 13.2. The molecule has 0 amide bonds. The summed E-state index contributed by atoms with van der Waals surface area (Å²) in [5.74, 6) is 0.556. The molecule has 0 aromatic heterocycles. The van der Waals surface area contributed by atoms with Crippen LogP contribution in [0.15, 0.2) is 90.5 Å². The van der Waals surface area contributed by atoms with Crippen molar-refractivity contribution >= 4 is 36.4 Å². The first-order valence-electron chi connectivity index (χ1n) is 14.3. The standard InChI is InChI=1S/C25H25.C7H9.C7H6.2ClH.Zr/c1-14-12-24(3,4)22-8-16-7-17-9-23-19(15(2)13-25(23,5)6)11-21(17)20(16)10-18(14)22;1-6-3-4-7(2)5-6;1-7-5-3-2-4-6-7;;;/h7-13H,1-6H3;3,5,7H,1-2H3;1-6H;2*1H;/q2*-1;;;;+2/p-2. The minimum absolute atomic E-state index is 0. The van der Waals surface area contributed by atoms with Crippen molar-refractivity contribution < 1.29 is 49.0 Å². The molecule has 4 aromatic carbocycles. The minimum atomic E-state index is 0. The van der Waals surface area contributed by atoms with Gasteiger partial charge in [0.1, 0.15) is 0 Å². The van der Waals surface area contributed by atoms with E-state index in [1.165, 1.54) is 90.3 Å². The topological polar surface area (TPSA) is 0 Å². The number of hydrogen-bond donors (Lipinski definition) is 0. The van der Waals surface area contributed by atoms with Crippen LogP contribution in [0.1, 0.15) is 83.2 Å². The van der Waals surface area contributed by atoms with Crippen molar-refractivity contribution in [3.05, 3.63) is 124 Å². The molecule has 3 aliphatic rings. The van der Waals surface area contributed by atoms with Crippen LogP contribution in [0.5, 0.6) is 0 Å².